The molecule has 3 nitrogen and oxygen atoms in total. The third kappa shape index (κ3) is 2.26. The van der Waals surface area contributed by atoms with Crippen molar-refractivity contribution in [2.75, 3.05) is 11.5 Å². The first kappa shape index (κ1) is 12.0. The summed E-state index contributed by atoms with van der Waals surface area (Å²) < 4.78 is 2.34. The lowest BCUT2D eigenvalue weighted by atomic mass is 10.1. The summed E-state index contributed by atoms with van der Waals surface area (Å²) in [6.45, 7) is 3.26. The molecule has 4 heteroatoms. The number of pyridine rings is 1. The van der Waals surface area contributed by atoms with Crippen LogP contribution in [-0.2, 0) is 13.0 Å². The van der Waals surface area contributed by atoms with E-state index in [1.165, 1.54) is 30.2 Å². The Morgan fingerprint density at radius 2 is 2.44 bits per heavy atom. The van der Waals surface area contributed by atoms with E-state index in [9.17, 15) is 0 Å². The quantitative estimate of drug-likeness (QED) is 0.850. The summed E-state index contributed by atoms with van der Waals surface area (Å²) in [6, 6.07) is 4.03. The van der Waals surface area contributed by atoms with E-state index in [2.05, 4.69) is 34.3 Å². The molecule has 18 heavy (non-hydrogen) atoms. The predicted molar refractivity (Wildman–Crippen MR) is 77.0 cm³/mol. The van der Waals surface area contributed by atoms with Crippen LogP contribution in [0, 0.1) is 5.92 Å². The number of hydrogen-bond donors (Lipinski definition) is 0. The minimum Gasteiger partial charge on any atom is -0.312 e. The van der Waals surface area contributed by atoms with Crippen LogP contribution in [0.3, 0.4) is 0 Å². The second kappa shape index (κ2) is 5.31. The lowest BCUT2D eigenvalue weighted by Gasteiger charge is -2.22. The van der Waals surface area contributed by atoms with Crippen molar-refractivity contribution in [1.82, 2.24) is 14.5 Å². The highest BCUT2D eigenvalue weighted by Gasteiger charge is 2.18. The summed E-state index contributed by atoms with van der Waals surface area (Å²) >= 11 is 2.09. The molecule has 1 atom stereocenters. The van der Waals surface area contributed by atoms with E-state index < -0.39 is 0 Å². The maximum absolute atomic E-state index is 4.69. The van der Waals surface area contributed by atoms with Crippen LogP contribution in [0.5, 0.6) is 0 Å². The summed E-state index contributed by atoms with van der Waals surface area (Å²) in [4.78, 5) is 9.20. The summed E-state index contributed by atoms with van der Waals surface area (Å²) in [5, 5.41) is 0. The fraction of sp³-hybridized carbons (Fsp3) is 0.571. The zero-order chi connectivity index (χ0) is 12.4. The maximum Gasteiger partial charge on any atom is 0.159 e. The van der Waals surface area contributed by atoms with Crippen LogP contribution in [0.4, 0.5) is 0 Å². The van der Waals surface area contributed by atoms with Gasteiger partial charge in [0.1, 0.15) is 11.3 Å². The van der Waals surface area contributed by atoms with Gasteiger partial charge in [-0.25, -0.2) is 9.97 Å². The van der Waals surface area contributed by atoms with E-state index in [0.717, 1.165) is 30.0 Å². The summed E-state index contributed by atoms with van der Waals surface area (Å²) in [7, 11) is 0. The standard InChI is InChI=1S/C14H19N3S/c1-2-13-16-12-6-3-7-15-14(12)17(13)9-11-5-4-8-18-10-11/h3,6-7,11H,2,4-5,8-10H2,1H3. The van der Waals surface area contributed by atoms with Gasteiger partial charge in [-0.15, -0.1) is 0 Å². The number of rotatable bonds is 3. The Morgan fingerprint density at radius 3 is 3.22 bits per heavy atom. The molecule has 0 bridgehead atoms. The van der Waals surface area contributed by atoms with Gasteiger partial charge in [-0.3, -0.25) is 0 Å². The van der Waals surface area contributed by atoms with Crippen molar-refractivity contribution in [1.29, 1.82) is 0 Å². The van der Waals surface area contributed by atoms with Gasteiger partial charge in [-0.1, -0.05) is 6.92 Å². The molecular weight excluding hydrogens is 242 g/mol. The number of aromatic nitrogens is 3. The van der Waals surface area contributed by atoms with Crippen molar-refractivity contribution < 1.29 is 0 Å². The SMILES string of the molecule is CCc1nc2cccnc2n1CC1CCCSC1. The van der Waals surface area contributed by atoms with Gasteiger partial charge in [-0.05, 0) is 42.4 Å². The lowest BCUT2D eigenvalue weighted by Crippen LogP contribution is -2.18. The van der Waals surface area contributed by atoms with Crippen LogP contribution < -0.4 is 0 Å². The van der Waals surface area contributed by atoms with Gasteiger partial charge in [0.2, 0.25) is 0 Å². The van der Waals surface area contributed by atoms with Crippen LogP contribution in [0.15, 0.2) is 18.3 Å². The first-order valence-corrected chi connectivity index (χ1v) is 7.92. The molecule has 96 valence electrons. The Morgan fingerprint density at radius 1 is 1.50 bits per heavy atom. The van der Waals surface area contributed by atoms with Gasteiger partial charge in [0.25, 0.3) is 0 Å². The van der Waals surface area contributed by atoms with Crippen LogP contribution in [0.2, 0.25) is 0 Å². The zero-order valence-corrected chi connectivity index (χ0v) is 11.6. The van der Waals surface area contributed by atoms with Gasteiger partial charge in [0.15, 0.2) is 5.65 Å². The molecule has 1 saturated heterocycles. The highest BCUT2D eigenvalue weighted by molar-refractivity contribution is 7.99. The molecule has 1 fully saturated rings. The maximum atomic E-state index is 4.69. The molecule has 0 radical (unpaired) electrons. The van der Waals surface area contributed by atoms with Gasteiger partial charge in [0, 0.05) is 19.2 Å². The molecule has 1 unspecified atom stereocenters. The second-order valence-corrected chi connectivity index (χ2v) is 6.07. The molecule has 3 rings (SSSR count). The Kier molecular flexibility index (Phi) is 3.55. The first-order valence-electron chi connectivity index (χ1n) is 6.76. The fourth-order valence-corrected chi connectivity index (χ4v) is 3.82. The smallest absolute Gasteiger partial charge is 0.159 e. The summed E-state index contributed by atoms with van der Waals surface area (Å²) in [5.74, 6) is 4.59. The average molecular weight is 261 g/mol. The zero-order valence-electron chi connectivity index (χ0n) is 10.8. The molecule has 1 aliphatic rings. The largest absolute Gasteiger partial charge is 0.312 e. The monoisotopic (exact) mass is 261 g/mol. The molecule has 2 aromatic rings. The Bertz CT molecular complexity index is 529. The Hall–Kier alpha value is -1.03. The summed E-state index contributed by atoms with van der Waals surface area (Å²) in [6.07, 6.45) is 5.56. The molecule has 0 aromatic carbocycles. The average Bonchev–Trinajstić information content (AvgIpc) is 2.78. The third-order valence-electron chi connectivity index (χ3n) is 3.59. The van der Waals surface area contributed by atoms with Crippen molar-refractivity contribution in [3.8, 4) is 0 Å². The normalized spacial score (nSPS) is 20.4. The van der Waals surface area contributed by atoms with Crippen molar-refractivity contribution in [3.05, 3.63) is 24.2 Å². The highest BCUT2D eigenvalue weighted by Crippen LogP contribution is 2.26. The lowest BCUT2D eigenvalue weighted by molar-refractivity contribution is 0.443. The van der Waals surface area contributed by atoms with E-state index in [1.807, 2.05) is 12.3 Å². The van der Waals surface area contributed by atoms with E-state index >= 15 is 0 Å². The van der Waals surface area contributed by atoms with Gasteiger partial charge < -0.3 is 4.57 Å². The Balaban J connectivity index is 1.93. The van der Waals surface area contributed by atoms with Crippen molar-refractivity contribution in [2.45, 2.75) is 32.7 Å². The van der Waals surface area contributed by atoms with Crippen LogP contribution in [0.1, 0.15) is 25.6 Å². The Labute approximate surface area is 112 Å². The van der Waals surface area contributed by atoms with Crippen LogP contribution in [0.25, 0.3) is 11.2 Å². The predicted octanol–water partition coefficient (Wildman–Crippen LogP) is 3.14. The molecule has 3 heterocycles. The molecule has 2 aromatic heterocycles. The van der Waals surface area contributed by atoms with E-state index in [-0.39, 0.29) is 0 Å². The molecule has 0 saturated carbocycles. The van der Waals surface area contributed by atoms with E-state index in [4.69, 9.17) is 4.98 Å². The number of hydrogen-bond acceptors (Lipinski definition) is 3. The second-order valence-electron chi connectivity index (χ2n) is 4.92. The number of thioether (sulfide) groups is 1. The third-order valence-corrected chi connectivity index (χ3v) is 4.88. The molecular formula is C14H19N3S. The van der Waals surface area contributed by atoms with Crippen LogP contribution >= 0.6 is 11.8 Å². The highest BCUT2D eigenvalue weighted by atomic mass is 32.2. The number of aryl methyl sites for hydroxylation is 1. The van der Waals surface area contributed by atoms with E-state index in [1.54, 1.807) is 0 Å². The minimum atomic E-state index is 0.786. The number of fused-ring (bicyclic) bond motifs is 1. The first-order chi connectivity index (χ1) is 8.88. The number of nitrogens with zero attached hydrogens (tertiary/aromatic N) is 3. The van der Waals surface area contributed by atoms with Gasteiger partial charge >= 0.3 is 0 Å². The molecule has 0 spiro atoms. The molecule has 0 amide bonds. The number of imidazole rings is 1. The topological polar surface area (TPSA) is 30.7 Å². The molecule has 0 aliphatic carbocycles. The minimum absolute atomic E-state index is 0.786. The van der Waals surface area contributed by atoms with Gasteiger partial charge in [-0.2, -0.15) is 11.8 Å². The van der Waals surface area contributed by atoms with E-state index in [0.29, 0.717) is 0 Å². The van der Waals surface area contributed by atoms with Gasteiger partial charge in [0.05, 0.1) is 0 Å². The van der Waals surface area contributed by atoms with Crippen molar-refractivity contribution in [3.63, 3.8) is 0 Å². The fourth-order valence-electron chi connectivity index (χ4n) is 2.68. The molecule has 0 N–H and O–H groups in total. The van der Waals surface area contributed by atoms with Crippen LogP contribution in [-0.4, -0.2) is 26.0 Å². The summed E-state index contributed by atoms with van der Waals surface area (Å²) in [5.41, 5.74) is 2.10. The van der Waals surface area contributed by atoms with Crippen molar-refractivity contribution in [2.24, 2.45) is 5.92 Å². The molecule has 1 aliphatic heterocycles. The van der Waals surface area contributed by atoms with Crippen molar-refractivity contribution >= 4 is 22.9 Å².